The lowest BCUT2D eigenvalue weighted by atomic mass is 9.92. The van der Waals surface area contributed by atoms with Crippen molar-refractivity contribution in [3.63, 3.8) is 0 Å². The van der Waals surface area contributed by atoms with E-state index in [1.165, 1.54) is 6.42 Å². The predicted octanol–water partition coefficient (Wildman–Crippen LogP) is 3.86. The molecule has 0 saturated heterocycles. The molecule has 1 aromatic rings. The monoisotopic (exact) mass is 297 g/mol. The molecule has 3 N–H and O–H groups in total. The Morgan fingerprint density at radius 2 is 2.15 bits per heavy atom. The van der Waals surface area contributed by atoms with E-state index >= 15 is 0 Å². The fourth-order valence-corrected chi connectivity index (χ4v) is 2.71. The molecule has 0 bridgehead atoms. The van der Waals surface area contributed by atoms with E-state index in [4.69, 9.17) is 22.1 Å². The normalized spacial score (nSPS) is 22.7. The van der Waals surface area contributed by atoms with E-state index in [-0.39, 0.29) is 0 Å². The maximum absolute atomic E-state index is 5.91. The molecule has 1 aliphatic rings. The summed E-state index contributed by atoms with van der Waals surface area (Å²) in [6.07, 6.45) is 8.82. The Morgan fingerprint density at radius 1 is 1.40 bits per heavy atom. The average molecular weight is 298 g/mol. The number of anilines is 2. The van der Waals surface area contributed by atoms with Gasteiger partial charge in [0.2, 0.25) is 0 Å². The molecule has 0 aromatic carbocycles. The van der Waals surface area contributed by atoms with Gasteiger partial charge in [0.1, 0.15) is 5.15 Å². The van der Waals surface area contributed by atoms with Gasteiger partial charge < -0.3 is 15.8 Å². The van der Waals surface area contributed by atoms with Crippen LogP contribution < -0.4 is 11.1 Å². The van der Waals surface area contributed by atoms with E-state index in [1.54, 1.807) is 12.3 Å². The molecule has 112 valence electrons. The number of nitrogens with zero attached hydrogens (tertiary/aromatic N) is 1. The van der Waals surface area contributed by atoms with Crippen LogP contribution in [0.3, 0.4) is 0 Å². The Morgan fingerprint density at radius 3 is 2.85 bits per heavy atom. The van der Waals surface area contributed by atoms with Crippen LogP contribution in [-0.2, 0) is 4.74 Å². The van der Waals surface area contributed by atoms with E-state index in [1.807, 2.05) is 0 Å². The van der Waals surface area contributed by atoms with Gasteiger partial charge in [0.25, 0.3) is 0 Å². The van der Waals surface area contributed by atoms with Gasteiger partial charge in [-0.25, -0.2) is 4.98 Å². The van der Waals surface area contributed by atoms with Crippen molar-refractivity contribution in [1.29, 1.82) is 0 Å². The highest BCUT2D eigenvalue weighted by molar-refractivity contribution is 6.29. The molecule has 1 fully saturated rings. The third-order valence-electron chi connectivity index (χ3n) is 3.79. The second-order valence-corrected chi connectivity index (χ2v) is 5.82. The van der Waals surface area contributed by atoms with Gasteiger partial charge in [0.05, 0.1) is 23.7 Å². The SMILES string of the molecule is CCCCOC1CCC(Nc2cc(Cl)ncc2N)CC1. The van der Waals surface area contributed by atoms with Crippen LogP contribution in [0, 0.1) is 0 Å². The molecule has 1 aromatic heterocycles. The summed E-state index contributed by atoms with van der Waals surface area (Å²) in [7, 11) is 0. The molecule has 0 unspecified atom stereocenters. The van der Waals surface area contributed by atoms with Crippen molar-refractivity contribution in [2.24, 2.45) is 0 Å². The van der Waals surface area contributed by atoms with E-state index < -0.39 is 0 Å². The number of aromatic nitrogens is 1. The molecule has 0 spiro atoms. The summed E-state index contributed by atoms with van der Waals surface area (Å²) in [6, 6.07) is 2.24. The molecule has 1 heterocycles. The first kappa shape index (κ1) is 15.4. The number of nitrogens with two attached hydrogens (primary N) is 1. The largest absolute Gasteiger partial charge is 0.396 e. The fraction of sp³-hybridized carbons (Fsp3) is 0.667. The topological polar surface area (TPSA) is 60.2 Å². The number of hydrogen-bond donors (Lipinski definition) is 2. The lowest BCUT2D eigenvalue weighted by Crippen LogP contribution is -2.30. The van der Waals surface area contributed by atoms with E-state index in [0.29, 0.717) is 23.0 Å². The van der Waals surface area contributed by atoms with Gasteiger partial charge in [-0.05, 0) is 32.1 Å². The maximum atomic E-state index is 5.91. The van der Waals surface area contributed by atoms with Gasteiger partial charge in [0, 0.05) is 18.7 Å². The van der Waals surface area contributed by atoms with Gasteiger partial charge in [-0.3, -0.25) is 0 Å². The van der Waals surface area contributed by atoms with Crippen molar-refractivity contribution in [1.82, 2.24) is 4.98 Å². The number of unbranched alkanes of at least 4 members (excludes halogenated alkanes) is 1. The van der Waals surface area contributed by atoms with Crippen LogP contribution >= 0.6 is 11.6 Å². The summed E-state index contributed by atoms with van der Waals surface area (Å²) < 4.78 is 5.88. The second-order valence-electron chi connectivity index (χ2n) is 5.44. The quantitative estimate of drug-likeness (QED) is 0.618. The number of rotatable bonds is 6. The third-order valence-corrected chi connectivity index (χ3v) is 3.99. The molecular formula is C15H24ClN3O. The highest BCUT2D eigenvalue weighted by atomic mass is 35.5. The fourth-order valence-electron chi connectivity index (χ4n) is 2.55. The number of nitrogen functional groups attached to an aromatic ring is 1. The molecule has 0 aliphatic heterocycles. The smallest absolute Gasteiger partial charge is 0.131 e. The highest BCUT2D eigenvalue weighted by Gasteiger charge is 2.21. The number of nitrogens with one attached hydrogen (secondary N) is 1. The zero-order chi connectivity index (χ0) is 14.4. The highest BCUT2D eigenvalue weighted by Crippen LogP contribution is 2.27. The number of ether oxygens (including phenoxy) is 1. The van der Waals surface area contributed by atoms with Crippen molar-refractivity contribution in [3.05, 3.63) is 17.4 Å². The van der Waals surface area contributed by atoms with E-state index in [0.717, 1.165) is 44.4 Å². The van der Waals surface area contributed by atoms with Crippen molar-refractivity contribution in [2.45, 2.75) is 57.6 Å². The predicted molar refractivity (Wildman–Crippen MR) is 84.2 cm³/mol. The lowest BCUT2D eigenvalue weighted by molar-refractivity contribution is 0.0250. The Hall–Kier alpha value is -1.00. The summed E-state index contributed by atoms with van der Waals surface area (Å²) in [5.41, 5.74) is 7.44. The standard InChI is InChI=1S/C15H24ClN3O/c1-2-3-8-20-12-6-4-11(5-7-12)19-14-9-15(16)18-10-13(14)17/h9-12H,2-8,17H2,1H3,(H,18,19). The lowest BCUT2D eigenvalue weighted by Gasteiger charge is -2.30. The molecule has 4 nitrogen and oxygen atoms in total. The minimum Gasteiger partial charge on any atom is -0.396 e. The Kier molecular flexibility index (Phi) is 5.92. The second kappa shape index (κ2) is 7.70. The molecule has 0 radical (unpaired) electrons. The zero-order valence-corrected chi connectivity index (χ0v) is 12.8. The van der Waals surface area contributed by atoms with E-state index in [9.17, 15) is 0 Å². The van der Waals surface area contributed by atoms with Crippen LogP contribution in [0.25, 0.3) is 0 Å². The summed E-state index contributed by atoms with van der Waals surface area (Å²) >= 11 is 5.90. The molecule has 20 heavy (non-hydrogen) atoms. The van der Waals surface area contributed by atoms with Gasteiger partial charge in [-0.1, -0.05) is 24.9 Å². The minimum atomic E-state index is 0.429. The van der Waals surface area contributed by atoms with Gasteiger partial charge >= 0.3 is 0 Å². The van der Waals surface area contributed by atoms with Crippen molar-refractivity contribution in [2.75, 3.05) is 17.7 Å². The van der Waals surface area contributed by atoms with Crippen LogP contribution in [0.4, 0.5) is 11.4 Å². The average Bonchev–Trinajstić information content (AvgIpc) is 2.45. The number of pyridine rings is 1. The Bertz CT molecular complexity index is 420. The molecule has 1 aliphatic carbocycles. The molecule has 5 heteroatoms. The number of halogens is 1. The molecule has 0 amide bonds. The summed E-state index contributed by atoms with van der Waals surface area (Å²) in [5, 5.41) is 3.94. The molecule has 0 atom stereocenters. The van der Waals surface area contributed by atoms with Crippen LogP contribution in [-0.4, -0.2) is 23.7 Å². The first-order valence-corrected chi connectivity index (χ1v) is 7.86. The summed E-state index contributed by atoms with van der Waals surface area (Å²) in [5.74, 6) is 0. The maximum Gasteiger partial charge on any atom is 0.131 e. The zero-order valence-electron chi connectivity index (χ0n) is 12.1. The van der Waals surface area contributed by atoms with Crippen LogP contribution in [0.1, 0.15) is 45.4 Å². The Balaban J connectivity index is 1.78. The number of hydrogen-bond acceptors (Lipinski definition) is 4. The van der Waals surface area contributed by atoms with Gasteiger partial charge in [0.15, 0.2) is 0 Å². The Labute approximate surface area is 126 Å². The first-order valence-electron chi connectivity index (χ1n) is 7.48. The molecular weight excluding hydrogens is 274 g/mol. The molecule has 1 saturated carbocycles. The van der Waals surface area contributed by atoms with Gasteiger partial charge in [-0.2, -0.15) is 0 Å². The van der Waals surface area contributed by atoms with Crippen LogP contribution in [0.15, 0.2) is 12.3 Å². The van der Waals surface area contributed by atoms with Crippen molar-refractivity contribution < 1.29 is 4.74 Å². The van der Waals surface area contributed by atoms with Crippen LogP contribution in [0.5, 0.6) is 0 Å². The third kappa shape index (κ3) is 4.53. The minimum absolute atomic E-state index is 0.429. The molecule has 2 rings (SSSR count). The van der Waals surface area contributed by atoms with Crippen molar-refractivity contribution in [3.8, 4) is 0 Å². The van der Waals surface area contributed by atoms with Crippen molar-refractivity contribution >= 4 is 23.0 Å². The van der Waals surface area contributed by atoms with Gasteiger partial charge in [-0.15, -0.1) is 0 Å². The summed E-state index contributed by atoms with van der Waals surface area (Å²) in [6.45, 7) is 3.08. The summed E-state index contributed by atoms with van der Waals surface area (Å²) in [4.78, 5) is 3.97. The van der Waals surface area contributed by atoms with E-state index in [2.05, 4.69) is 17.2 Å². The first-order chi connectivity index (χ1) is 9.69. The van der Waals surface area contributed by atoms with Crippen LogP contribution in [0.2, 0.25) is 5.15 Å².